The summed E-state index contributed by atoms with van der Waals surface area (Å²) in [5.74, 6) is 2.32. The zero-order valence-electron chi connectivity index (χ0n) is 13.0. The lowest BCUT2D eigenvalue weighted by atomic mass is 9.86. The molecule has 3 nitrogen and oxygen atoms in total. The molecule has 1 atom stereocenters. The summed E-state index contributed by atoms with van der Waals surface area (Å²) in [5.41, 5.74) is 1.22. The Bertz CT molecular complexity index is 396. The smallest absolute Gasteiger partial charge is 0.123 e. The molecule has 0 aliphatic rings. The van der Waals surface area contributed by atoms with Crippen molar-refractivity contribution >= 4 is 0 Å². The lowest BCUT2D eigenvalue weighted by molar-refractivity contribution is 0.252. The number of nitrogens with one attached hydrogen (secondary N) is 1. The third-order valence-electron chi connectivity index (χ3n) is 3.07. The number of ether oxygens (including phenoxy) is 2. The number of hydrogen-bond acceptors (Lipinski definition) is 3. The molecule has 0 aliphatic carbocycles. The molecule has 0 aliphatic heterocycles. The monoisotopic (exact) mass is 265 g/mol. The molecule has 19 heavy (non-hydrogen) atoms. The van der Waals surface area contributed by atoms with Gasteiger partial charge in [-0.25, -0.2) is 0 Å². The Balaban J connectivity index is 2.87. The molecular formula is C16H27NO2. The van der Waals surface area contributed by atoms with Crippen LogP contribution in [0.1, 0.15) is 33.3 Å². The van der Waals surface area contributed by atoms with Crippen LogP contribution >= 0.6 is 0 Å². The maximum atomic E-state index is 5.98. The molecular weight excluding hydrogens is 238 g/mol. The van der Waals surface area contributed by atoms with Crippen molar-refractivity contribution < 1.29 is 9.47 Å². The van der Waals surface area contributed by atoms with Crippen LogP contribution in [0.15, 0.2) is 18.2 Å². The lowest BCUT2D eigenvalue weighted by Crippen LogP contribution is -2.22. The molecule has 0 aromatic heterocycles. The minimum Gasteiger partial charge on any atom is -0.497 e. The molecule has 1 aromatic rings. The fourth-order valence-electron chi connectivity index (χ4n) is 1.99. The summed E-state index contributed by atoms with van der Waals surface area (Å²) < 4.78 is 11.3. The van der Waals surface area contributed by atoms with Crippen LogP contribution in [0.25, 0.3) is 0 Å². The SMILES string of the molecule is CNCC(C)COc1ccc(OC)cc1C(C)(C)C. The van der Waals surface area contributed by atoms with E-state index >= 15 is 0 Å². The van der Waals surface area contributed by atoms with Crippen molar-refractivity contribution in [2.45, 2.75) is 33.1 Å². The van der Waals surface area contributed by atoms with E-state index in [0.29, 0.717) is 5.92 Å². The van der Waals surface area contributed by atoms with Crippen LogP contribution in [0.2, 0.25) is 0 Å². The van der Waals surface area contributed by atoms with Crippen LogP contribution in [-0.2, 0) is 5.41 Å². The highest BCUT2D eigenvalue weighted by atomic mass is 16.5. The summed E-state index contributed by atoms with van der Waals surface area (Å²) in [6.07, 6.45) is 0. The summed E-state index contributed by atoms with van der Waals surface area (Å²) >= 11 is 0. The Kier molecular flexibility index (Phi) is 5.67. The summed E-state index contributed by atoms with van der Waals surface area (Å²) in [4.78, 5) is 0. The van der Waals surface area contributed by atoms with E-state index in [9.17, 15) is 0 Å². The molecule has 0 fully saturated rings. The number of methoxy groups -OCH3 is 1. The Morgan fingerprint density at radius 1 is 1.26 bits per heavy atom. The first-order chi connectivity index (χ1) is 8.88. The highest BCUT2D eigenvalue weighted by molar-refractivity contribution is 5.44. The molecule has 1 unspecified atom stereocenters. The largest absolute Gasteiger partial charge is 0.497 e. The van der Waals surface area contributed by atoms with E-state index in [0.717, 1.165) is 24.7 Å². The molecule has 0 bridgehead atoms. The van der Waals surface area contributed by atoms with Crippen LogP contribution < -0.4 is 14.8 Å². The zero-order chi connectivity index (χ0) is 14.5. The Morgan fingerprint density at radius 3 is 2.47 bits per heavy atom. The maximum Gasteiger partial charge on any atom is 0.123 e. The van der Waals surface area contributed by atoms with Crippen LogP contribution in [0.5, 0.6) is 11.5 Å². The molecule has 0 amide bonds. The van der Waals surface area contributed by atoms with Crippen molar-refractivity contribution in [3.63, 3.8) is 0 Å². The van der Waals surface area contributed by atoms with Crippen molar-refractivity contribution in [2.24, 2.45) is 5.92 Å². The van der Waals surface area contributed by atoms with Crippen molar-refractivity contribution in [1.82, 2.24) is 5.32 Å². The quantitative estimate of drug-likeness (QED) is 0.856. The van der Waals surface area contributed by atoms with Gasteiger partial charge < -0.3 is 14.8 Å². The van der Waals surface area contributed by atoms with Crippen molar-refractivity contribution in [3.8, 4) is 11.5 Å². The van der Waals surface area contributed by atoms with Gasteiger partial charge in [0.05, 0.1) is 13.7 Å². The molecule has 0 spiro atoms. The van der Waals surface area contributed by atoms with Gasteiger partial charge >= 0.3 is 0 Å². The molecule has 1 N–H and O–H groups in total. The van der Waals surface area contributed by atoms with Crippen LogP contribution in [0, 0.1) is 5.92 Å². The fourth-order valence-corrected chi connectivity index (χ4v) is 1.99. The summed E-state index contributed by atoms with van der Waals surface area (Å²) in [5, 5.41) is 3.17. The predicted molar refractivity (Wildman–Crippen MR) is 80.3 cm³/mol. The van der Waals surface area contributed by atoms with E-state index in [2.05, 4.69) is 39.1 Å². The molecule has 0 radical (unpaired) electrons. The highest BCUT2D eigenvalue weighted by Gasteiger charge is 2.20. The first-order valence-corrected chi connectivity index (χ1v) is 6.84. The second-order valence-electron chi connectivity index (χ2n) is 6.09. The standard InChI is InChI=1S/C16H27NO2/c1-12(10-17-5)11-19-15-8-7-13(18-6)9-14(15)16(2,3)4/h7-9,12,17H,10-11H2,1-6H3. The zero-order valence-corrected chi connectivity index (χ0v) is 13.0. The Hall–Kier alpha value is -1.22. The molecule has 108 valence electrons. The first-order valence-electron chi connectivity index (χ1n) is 6.84. The maximum absolute atomic E-state index is 5.98. The minimum absolute atomic E-state index is 0.0378. The Labute approximate surface area is 117 Å². The van der Waals surface area contributed by atoms with Gasteiger partial charge in [0.15, 0.2) is 0 Å². The van der Waals surface area contributed by atoms with E-state index in [1.165, 1.54) is 5.56 Å². The second kappa shape index (κ2) is 6.80. The highest BCUT2D eigenvalue weighted by Crippen LogP contribution is 2.34. The molecule has 1 aromatic carbocycles. The van der Waals surface area contributed by atoms with Gasteiger partial charge in [-0.1, -0.05) is 27.7 Å². The third-order valence-corrected chi connectivity index (χ3v) is 3.07. The van der Waals surface area contributed by atoms with E-state index in [1.54, 1.807) is 7.11 Å². The molecule has 0 saturated heterocycles. The topological polar surface area (TPSA) is 30.5 Å². The molecule has 3 heteroatoms. The van der Waals surface area contributed by atoms with Crippen molar-refractivity contribution in [3.05, 3.63) is 23.8 Å². The van der Waals surface area contributed by atoms with Crippen LogP contribution in [-0.4, -0.2) is 27.3 Å². The predicted octanol–water partition coefficient (Wildman–Crippen LogP) is 3.23. The van der Waals surface area contributed by atoms with Crippen LogP contribution in [0.4, 0.5) is 0 Å². The second-order valence-corrected chi connectivity index (χ2v) is 6.09. The van der Waals surface area contributed by atoms with Gasteiger partial charge in [-0.2, -0.15) is 0 Å². The van der Waals surface area contributed by atoms with Gasteiger partial charge in [0, 0.05) is 18.0 Å². The lowest BCUT2D eigenvalue weighted by Gasteiger charge is -2.24. The summed E-state index contributed by atoms with van der Waals surface area (Å²) in [7, 11) is 3.65. The van der Waals surface area contributed by atoms with E-state index in [1.807, 2.05) is 19.2 Å². The number of rotatable bonds is 6. The number of hydrogen-bond donors (Lipinski definition) is 1. The van der Waals surface area contributed by atoms with Gasteiger partial charge in [0.25, 0.3) is 0 Å². The van der Waals surface area contributed by atoms with Gasteiger partial charge in [-0.15, -0.1) is 0 Å². The van der Waals surface area contributed by atoms with Gasteiger partial charge in [-0.05, 0) is 30.7 Å². The van der Waals surface area contributed by atoms with E-state index < -0.39 is 0 Å². The molecule has 0 saturated carbocycles. The Morgan fingerprint density at radius 2 is 1.95 bits per heavy atom. The third kappa shape index (κ3) is 4.75. The number of benzene rings is 1. The fraction of sp³-hybridized carbons (Fsp3) is 0.625. The summed E-state index contributed by atoms with van der Waals surface area (Å²) in [6.45, 7) is 10.4. The minimum atomic E-state index is 0.0378. The van der Waals surface area contributed by atoms with Gasteiger partial charge in [0.2, 0.25) is 0 Å². The average molecular weight is 265 g/mol. The average Bonchev–Trinajstić information content (AvgIpc) is 2.35. The normalized spacial score (nSPS) is 13.2. The van der Waals surface area contributed by atoms with Crippen molar-refractivity contribution in [2.75, 3.05) is 27.3 Å². The van der Waals surface area contributed by atoms with Gasteiger partial charge in [-0.3, -0.25) is 0 Å². The van der Waals surface area contributed by atoms with E-state index in [-0.39, 0.29) is 5.41 Å². The molecule has 1 rings (SSSR count). The first kappa shape index (κ1) is 15.8. The van der Waals surface area contributed by atoms with E-state index in [4.69, 9.17) is 9.47 Å². The summed E-state index contributed by atoms with van der Waals surface area (Å²) in [6, 6.07) is 6.02. The van der Waals surface area contributed by atoms with Gasteiger partial charge in [0.1, 0.15) is 11.5 Å². The molecule has 0 heterocycles. The van der Waals surface area contributed by atoms with Crippen molar-refractivity contribution in [1.29, 1.82) is 0 Å². The van der Waals surface area contributed by atoms with Crippen LogP contribution in [0.3, 0.4) is 0 Å².